The smallest absolute Gasteiger partial charge is 0.226 e. The van der Waals surface area contributed by atoms with E-state index in [0.717, 1.165) is 38.7 Å². The molecule has 0 spiro atoms. The Morgan fingerprint density at radius 1 is 1.38 bits per heavy atom. The maximum Gasteiger partial charge on any atom is 0.226 e. The van der Waals surface area contributed by atoms with Crippen LogP contribution >= 0.6 is 0 Å². The first-order valence-corrected chi connectivity index (χ1v) is 9.11. The van der Waals surface area contributed by atoms with Gasteiger partial charge in [-0.2, -0.15) is 0 Å². The summed E-state index contributed by atoms with van der Waals surface area (Å²) in [5.74, 6) is 2.91. The average Bonchev–Trinajstić information content (AvgIpc) is 2.86. The van der Waals surface area contributed by atoms with E-state index in [2.05, 4.69) is 40.2 Å². The summed E-state index contributed by atoms with van der Waals surface area (Å²) < 4.78 is 7.67. The number of carbonyl (C=O) groups is 1. The van der Waals surface area contributed by atoms with Crippen molar-refractivity contribution in [3.63, 3.8) is 0 Å². The first kappa shape index (κ1) is 16.1. The normalized spacial score (nSPS) is 32.0. The van der Waals surface area contributed by atoms with Crippen molar-refractivity contribution in [2.75, 3.05) is 33.4 Å². The van der Waals surface area contributed by atoms with E-state index in [1.165, 1.54) is 0 Å². The molecule has 0 aromatic carbocycles. The average molecular weight is 332 g/mol. The highest BCUT2D eigenvalue weighted by atomic mass is 16.5. The van der Waals surface area contributed by atoms with E-state index < -0.39 is 0 Å². The maximum atomic E-state index is 13.0. The van der Waals surface area contributed by atoms with Gasteiger partial charge in [-0.15, -0.1) is 0 Å². The quantitative estimate of drug-likeness (QED) is 0.828. The Hall–Kier alpha value is -1.40. The predicted octanol–water partition coefficient (Wildman–Crippen LogP) is 1.07. The van der Waals surface area contributed by atoms with Crippen LogP contribution < -0.4 is 0 Å². The van der Waals surface area contributed by atoms with E-state index in [4.69, 9.17) is 4.74 Å². The maximum absolute atomic E-state index is 13.0. The van der Waals surface area contributed by atoms with Crippen molar-refractivity contribution in [2.45, 2.75) is 33.0 Å². The van der Waals surface area contributed by atoms with Crippen molar-refractivity contribution in [2.24, 2.45) is 23.7 Å². The molecule has 24 heavy (non-hydrogen) atoms. The summed E-state index contributed by atoms with van der Waals surface area (Å²) in [5, 5.41) is 0. The van der Waals surface area contributed by atoms with Crippen molar-refractivity contribution in [1.82, 2.24) is 19.4 Å². The second kappa shape index (κ2) is 6.15. The third kappa shape index (κ3) is 2.86. The summed E-state index contributed by atoms with van der Waals surface area (Å²) >= 11 is 0. The second-order valence-electron chi connectivity index (χ2n) is 8.00. The molecule has 1 aliphatic carbocycles. The molecular formula is C18H28N4O2. The van der Waals surface area contributed by atoms with Gasteiger partial charge in [0.05, 0.1) is 19.8 Å². The predicted molar refractivity (Wildman–Crippen MR) is 90.2 cm³/mol. The molecule has 6 heteroatoms. The van der Waals surface area contributed by atoms with Crippen molar-refractivity contribution in [3.05, 3.63) is 18.2 Å². The molecule has 2 aliphatic heterocycles. The van der Waals surface area contributed by atoms with Crippen molar-refractivity contribution in [3.8, 4) is 0 Å². The largest absolute Gasteiger partial charge is 0.381 e. The topological polar surface area (TPSA) is 50.6 Å². The van der Waals surface area contributed by atoms with Crippen LogP contribution in [0.5, 0.6) is 0 Å². The minimum atomic E-state index is 0.198. The van der Waals surface area contributed by atoms with Gasteiger partial charge in [0.2, 0.25) is 5.91 Å². The van der Waals surface area contributed by atoms with Crippen molar-refractivity contribution < 1.29 is 9.53 Å². The lowest BCUT2D eigenvalue weighted by Gasteiger charge is -2.29. The molecule has 6 nitrogen and oxygen atoms in total. The molecule has 1 amide bonds. The van der Waals surface area contributed by atoms with Crippen LogP contribution in [0.2, 0.25) is 0 Å². The van der Waals surface area contributed by atoms with Gasteiger partial charge in [0.1, 0.15) is 5.82 Å². The zero-order chi connectivity index (χ0) is 16.8. The van der Waals surface area contributed by atoms with Crippen LogP contribution in [0.4, 0.5) is 0 Å². The van der Waals surface area contributed by atoms with E-state index in [-0.39, 0.29) is 5.92 Å². The zero-order valence-corrected chi connectivity index (χ0v) is 14.9. The summed E-state index contributed by atoms with van der Waals surface area (Å²) in [6, 6.07) is 0.514. The highest BCUT2D eigenvalue weighted by Gasteiger charge is 2.59. The first-order valence-electron chi connectivity index (χ1n) is 9.11. The summed E-state index contributed by atoms with van der Waals surface area (Å²) in [6.07, 6.45) is 3.90. The number of fused-ring (bicyclic) bond motifs is 2. The molecule has 1 aromatic rings. The third-order valence-corrected chi connectivity index (χ3v) is 6.04. The van der Waals surface area contributed by atoms with Gasteiger partial charge in [0, 0.05) is 49.9 Å². The van der Waals surface area contributed by atoms with E-state index in [9.17, 15) is 4.79 Å². The van der Waals surface area contributed by atoms with Gasteiger partial charge in [-0.25, -0.2) is 4.98 Å². The van der Waals surface area contributed by atoms with Crippen LogP contribution in [0, 0.1) is 23.7 Å². The van der Waals surface area contributed by atoms with Crippen LogP contribution in [0.3, 0.4) is 0 Å². The number of rotatable bonds is 4. The van der Waals surface area contributed by atoms with Crippen LogP contribution in [-0.2, 0) is 22.6 Å². The molecule has 1 saturated carbocycles. The Bertz CT molecular complexity index is 604. The number of carbonyl (C=O) groups excluding carboxylic acids is 1. The number of amides is 1. The number of hydrogen-bond acceptors (Lipinski definition) is 4. The van der Waals surface area contributed by atoms with Gasteiger partial charge in [0.25, 0.3) is 0 Å². The minimum Gasteiger partial charge on any atom is -0.381 e. The van der Waals surface area contributed by atoms with Crippen molar-refractivity contribution >= 4 is 5.91 Å². The van der Waals surface area contributed by atoms with Gasteiger partial charge in [0.15, 0.2) is 0 Å². The Labute approximate surface area is 143 Å². The SMILES string of the molecule is CC(C)N(C)CC1CN(C(=O)C2[C@H]3COC[C@@H]23)Cc2nccn2C1. The van der Waals surface area contributed by atoms with Crippen LogP contribution in [0.25, 0.3) is 0 Å². The third-order valence-electron chi connectivity index (χ3n) is 6.04. The van der Waals surface area contributed by atoms with Crippen LogP contribution in [0.1, 0.15) is 19.7 Å². The monoisotopic (exact) mass is 332 g/mol. The Morgan fingerprint density at radius 2 is 2.12 bits per heavy atom. The summed E-state index contributed by atoms with van der Waals surface area (Å²) in [4.78, 5) is 22.0. The highest BCUT2D eigenvalue weighted by Crippen LogP contribution is 2.51. The van der Waals surface area contributed by atoms with Crippen molar-refractivity contribution in [1.29, 1.82) is 0 Å². The van der Waals surface area contributed by atoms with Gasteiger partial charge in [-0.05, 0) is 32.7 Å². The van der Waals surface area contributed by atoms with E-state index in [1.807, 2.05) is 12.4 Å². The molecular weight excluding hydrogens is 304 g/mol. The molecule has 0 N–H and O–H groups in total. The molecule has 0 bridgehead atoms. The second-order valence-corrected chi connectivity index (χ2v) is 8.00. The lowest BCUT2D eigenvalue weighted by atomic mass is 10.1. The van der Waals surface area contributed by atoms with Gasteiger partial charge in [-0.1, -0.05) is 0 Å². The Morgan fingerprint density at radius 3 is 2.83 bits per heavy atom. The molecule has 2 fully saturated rings. The molecule has 4 atom stereocenters. The van der Waals surface area contributed by atoms with E-state index in [1.54, 1.807) is 0 Å². The van der Waals surface area contributed by atoms with Gasteiger partial charge < -0.3 is 19.1 Å². The molecule has 132 valence electrons. The molecule has 4 rings (SSSR count). The zero-order valence-electron chi connectivity index (χ0n) is 14.9. The lowest BCUT2D eigenvalue weighted by Crippen LogP contribution is -2.41. The fourth-order valence-electron chi connectivity index (χ4n) is 4.26. The molecule has 1 aromatic heterocycles. The summed E-state index contributed by atoms with van der Waals surface area (Å²) in [6.45, 7) is 9.38. The fourth-order valence-corrected chi connectivity index (χ4v) is 4.26. The molecule has 1 saturated heterocycles. The highest BCUT2D eigenvalue weighted by molar-refractivity contribution is 5.82. The number of imidazole rings is 1. The van der Waals surface area contributed by atoms with Gasteiger partial charge >= 0.3 is 0 Å². The van der Waals surface area contributed by atoms with Crippen LogP contribution in [0.15, 0.2) is 12.4 Å². The Balaban J connectivity index is 1.50. The summed E-state index contributed by atoms with van der Waals surface area (Å²) in [7, 11) is 2.17. The van der Waals surface area contributed by atoms with E-state index >= 15 is 0 Å². The van der Waals surface area contributed by atoms with Crippen LogP contribution in [-0.4, -0.2) is 64.7 Å². The minimum absolute atomic E-state index is 0.198. The summed E-state index contributed by atoms with van der Waals surface area (Å²) in [5.41, 5.74) is 0. The molecule has 0 radical (unpaired) electrons. The molecule has 3 heterocycles. The molecule has 2 unspecified atom stereocenters. The standard InChI is InChI=1S/C18H28N4O2/c1-12(2)20(3)6-13-7-21-5-4-19-16(21)9-22(8-13)18(23)17-14-10-24-11-15(14)17/h4-5,12-15,17H,6-11H2,1-3H3/t13?,14-,15+,17?. The lowest BCUT2D eigenvalue weighted by molar-refractivity contribution is -0.135. The number of ether oxygens (including phenoxy) is 1. The van der Waals surface area contributed by atoms with Gasteiger partial charge in [-0.3, -0.25) is 4.79 Å². The Kier molecular flexibility index (Phi) is 4.12. The fraction of sp³-hybridized carbons (Fsp3) is 0.778. The molecule has 3 aliphatic rings. The van der Waals surface area contributed by atoms with E-state index in [0.29, 0.717) is 36.2 Å². The number of aromatic nitrogens is 2. The number of hydrogen-bond donors (Lipinski definition) is 0. The number of nitrogens with zero attached hydrogens (tertiary/aromatic N) is 4. The first-order chi connectivity index (χ1) is 11.5.